The van der Waals surface area contributed by atoms with Crippen LogP contribution in [0.5, 0.6) is 0 Å². The van der Waals surface area contributed by atoms with E-state index in [0.717, 1.165) is 51.4 Å². The fourth-order valence-corrected chi connectivity index (χ4v) is 10.8. The van der Waals surface area contributed by atoms with Crippen LogP contribution in [0.4, 0.5) is 0 Å². The fraction of sp³-hybridized carbons (Fsp3) is 0.900. The van der Waals surface area contributed by atoms with Gasteiger partial charge in [-0.25, -0.2) is 0 Å². The minimum absolute atomic E-state index is 0.00785. The van der Waals surface area contributed by atoms with E-state index in [4.69, 9.17) is 0 Å². The number of carbonyl (C=O) groups is 1. The Bertz CT molecular complexity index is 919. The Hall–Kier alpha value is -0.870. The molecule has 192 valence electrons. The van der Waals surface area contributed by atoms with Gasteiger partial charge in [-0.15, -0.1) is 0 Å². The van der Waals surface area contributed by atoms with Crippen LogP contribution in [0.15, 0.2) is 11.6 Å². The molecule has 0 aromatic carbocycles. The van der Waals surface area contributed by atoms with E-state index >= 15 is 0 Å². The van der Waals surface area contributed by atoms with Gasteiger partial charge >= 0.3 is 5.97 Å². The lowest BCUT2D eigenvalue weighted by Crippen LogP contribution is -2.67. The Morgan fingerprint density at radius 1 is 0.882 bits per heavy atom. The predicted molar refractivity (Wildman–Crippen MR) is 134 cm³/mol. The lowest BCUT2D eigenvalue weighted by molar-refractivity contribution is -0.231. The molecule has 5 aliphatic rings. The van der Waals surface area contributed by atoms with E-state index in [9.17, 15) is 20.1 Å². The summed E-state index contributed by atoms with van der Waals surface area (Å²) in [5.74, 6) is 0.365. The molecular weight excluding hydrogens is 424 g/mol. The molecule has 5 aliphatic carbocycles. The molecule has 0 spiro atoms. The number of carboxylic acids is 1. The highest BCUT2D eigenvalue weighted by Gasteiger charge is 2.70. The van der Waals surface area contributed by atoms with Crippen LogP contribution in [0.1, 0.15) is 106 Å². The number of rotatable bonds is 1. The second-order valence-corrected chi connectivity index (χ2v) is 15.2. The number of allylic oxidation sites excluding steroid dienone is 2. The van der Waals surface area contributed by atoms with E-state index in [1.807, 2.05) is 0 Å². The molecular formula is C30H48O4. The Morgan fingerprint density at radius 3 is 2.18 bits per heavy atom. The Labute approximate surface area is 206 Å². The molecule has 9 atom stereocenters. The summed E-state index contributed by atoms with van der Waals surface area (Å²) >= 11 is 0. The van der Waals surface area contributed by atoms with Gasteiger partial charge in [-0.05, 0) is 103 Å². The SMILES string of the molecule is CC1(C)CC[C@]2(C(=O)O)CC[C@@]3(C)C(=CC[C@@H]4[C@@]5(C)C[C@H](O)[C@H](O)C(C)(C)[C@H]5CC[C@]43C)[C@@H]2C1. The first kappa shape index (κ1) is 24.8. The van der Waals surface area contributed by atoms with Gasteiger partial charge < -0.3 is 15.3 Å². The molecule has 4 saturated carbocycles. The zero-order chi connectivity index (χ0) is 25.1. The van der Waals surface area contributed by atoms with Crippen molar-refractivity contribution in [3.05, 3.63) is 11.6 Å². The fourth-order valence-electron chi connectivity index (χ4n) is 10.8. The summed E-state index contributed by atoms with van der Waals surface area (Å²) in [6, 6.07) is 0. The lowest BCUT2D eigenvalue weighted by Gasteiger charge is -2.71. The van der Waals surface area contributed by atoms with Gasteiger partial charge in [-0.1, -0.05) is 60.1 Å². The molecule has 0 radical (unpaired) electrons. The number of aliphatic hydroxyl groups excluding tert-OH is 2. The topological polar surface area (TPSA) is 77.8 Å². The number of fused-ring (bicyclic) bond motifs is 7. The van der Waals surface area contributed by atoms with Crippen molar-refractivity contribution in [1.29, 1.82) is 0 Å². The minimum Gasteiger partial charge on any atom is -0.481 e. The summed E-state index contributed by atoms with van der Waals surface area (Å²) in [5, 5.41) is 32.4. The maximum absolute atomic E-state index is 12.8. The van der Waals surface area contributed by atoms with Gasteiger partial charge in [0, 0.05) is 0 Å². The van der Waals surface area contributed by atoms with Gasteiger partial charge in [-0.3, -0.25) is 4.79 Å². The van der Waals surface area contributed by atoms with E-state index in [1.165, 1.54) is 5.57 Å². The zero-order valence-electron chi connectivity index (χ0n) is 22.6. The second-order valence-electron chi connectivity index (χ2n) is 15.2. The minimum atomic E-state index is -0.679. The first-order valence-corrected chi connectivity index (χ1v) is 13.9. The molecule has 0 saturated heterocycles. The average Bonchev–Trinajstić information content (AvgIpc) is 2.72. The third-order valence-electron chi connectivity index (χ3n) is 13.0. The normalized spacial score (nSPS) is 53.4. The standard InChI is InChI=1S/C30H48O4/c1-25(2)12-14-30(24(33)34)15-13-28(6)18(19(30)16-25)8-9-22-27(5)17-20(31)23(32)26(3,4)21(27)10-11-29(22,28)7/h8,19-23,31-32H,9-17H2,1-7H3,(H,33,34)/t19-,20-,21+,22+,23-,27-,28-,29+,30-/m0/s1. The van der Waals surface area contributed by atoms with Crippen molar-refractivity contribution in [2.45, 2.75) is 118 Å². The highest BCUT2D eigenvalue weighted by atomic mass is 16.4. The van der Waals surface area contributed by atoms with Crippen LogP contribution in [0, 0.1) is 50.2 Å². The Morgan fingerprint density at radius 2 is 1.53 bits per heavy atom. The molecule has 4 nitrogen and oxygen atoms in total. The van der Waals surface area contributed by atoms with Crippen LogP contribution >= 0.6 is 0 Å². The van der Waals surface area contributed by atoms with Gasteiger partial charge in [0.05, 0.1) is 17.6 Å². The molecule has 3 N–H and O–H groups in total. The highest BCUT2D eigenvalue weighted by molar-refractivity contribution is 5.76. The quantitative estimate of drug-likeness (QED) is 0.397. The Kier molecular flexibility index (Phi) is 5.20. The molecule has 0 bridgehead atoms. The van der Waals surface area contributed by atoms with E-state index in [2.05, 4.69) is 54.5 Å². The van der Waals surface area contributed by atoms with Crippen molar-refractivity contribution in [3.8, 4) is 0 Å². The third kappa shape index (κ3) is 2.88. The largest absolute Gasteiger partial charge is 0.481 e. The van der Waals surface area contributed by atoms with Crippen LogP contribution in [-0.2, 0) is 4.79 Å². The average molecular weight is 473 g/mol. The summed E-state index contributed by atoms with van der Waals surface area (Å²) in [5.41, 5.74) is 0.754. The van der Waals surface area contributed by atoms with Crippen LogP contribution in [0.3, 0.4) is 0 Å². The number of hydrogen-bond donors (Lipinski definition) is 3. The molecule has 0 aromatic rings. The zero-order valence-corrected chi connectivity index (χ0v) is 22.6. The van der Waals surface area contributed by atoms with Crippen molar-refractivity contribution in [1.82, 2.24) is 0 Å². The maximum Gasteiger partial charge on any atom is 0.310 e. The maximum atomic E-state index is 12.8. The molecule has 4 fully saturated rings. The highest BCUT2D eigenvalue weighted by Crippen LogP contribution is 2.75. The lowest BCUT2D eigenvalue weighted by atomic mass is 9.33. The summed E-state index contributed by atoms with van der Waals surface area (Å²) in [6.07, 6.45) is 9.45. The molecule has 0 amide bonds. The summed E-state index contributed by atoms with van der Waals surface area (Å²) < 4.78 is 0. The number of carboxylic acid groups (broad SMARTS) is 1. The summed E-state index contributed by atoms with van der Waals surface area (Å²) in [7, 11) is 0. The summed E-state index contributed by atoms with van der Waals surface area (Å²) in [6.45, 7) is 16.3. The number of aliphatic hydroxyl groups is 2. The van der Waals surface area contributed by atoms with Crippen LogP contribution in [0.25, 0.3) is 0 Å². The third-order valence-corrected chi connectivity index (χ3v) is 13.0. The van der Waals surface area contributed by atoms with E-state index in [-0.39, 0.29) is 33.0 Å². The van der Waals surface area contributed by atoms with Gasteiger partial charge in [0.1, 0.15) is 0 Å². The predicted octanol–water partition coefficient (Wildman–Crippen LogP) is 6.20. The number of hydrogen-bond acceptors (Lipinski definition) is 3. The van der Waals surface area contributed by atoms with Gasteiger partial charge in [0.25, 0.3) is 0 Å². The molecule has 0 unspecified atom stereocenters. The van der Waals surface area contributed by atoms with Crippen molar-refractivity contribution in [2.75, 3.05) is 0 Å². The second kappa shape index (κ2) is 7.12. The van der Waals surface area contributed by atoms with E-state index in [1.54, 1.807) is 0 Å². The smallest absolute Gasteiger partial charge is 0.310 e. The van der Waals surface area contributed by atoms with Crippen LogP contribution in [-0.4, -0.2) is 33.5 Å². The van der Waals surface area contributed by atoms with Gasteiger partial charge in [0.2, 0.25) is 0 Å². The van der Waals surface area contributed by atoms with Gasteiger partial charge in [-0.2, -0.15) is 0 Å². The van der Waals surface area contributed by atoms with Crippen molar-refractivity contribution >= 4 is 5.97 Å². The molecule has 0 heterocycles. The van der Waals surface area contributed by atoms with Crippen molar-refractivity contribution < 1.29 is 20.1 Å². The van der Waals surface area contributed by atoms with Crippen molar-refractivity contribution in [3.63, 3.8) is 0 Å². The summed E-state index contributed by atoms with van der Waals surface area (Å²) in [4.78, 5) is 12.8. The first-order chi connectivity index (χ1) is 15.6. The molecule has 34 heavy (non-hydrogen) atoms. The molecule has 5 rings (SSSR count). The van der Waals surface area contributed by atoms with E-state index < -0.39 is 23.6 Å². The Balaban J connectivity index is 1.61. The van der Waals surface area contributed by atoms with Crippen LogP contribution in [0.2, 0.25) is 0 Å². The molecule has 0 aromatic heterocycles. The van der Waals surface area contributed by atoms with Crippen molar-refractivity contribution in [2.24, 2.45) is 50.2 Å². The number of aliphatic carboxylic acids is 1. The van der Waals surface area contributed by atoms with Crippen LogP contribution < -0.4 is 0 Å². The van der Waals surface area contributed by atoms with Gasteiger partial charge in [0.15, 0.2) is 0 Å². The first-order valence-electron chi connectivity index (χ1n) is 13.9. The molecule has 4 heteroatoms. The van der Waals surface area contributed by atoms with E-state index in [0.29, 0.717) is 18.3 Å². The monoisotopic (exact) mass is 472 g/mol. The molecule has 0 aliphatic heterocycles.